The van der Waals surface area contributed by atoms with Crippen molar-refractivity contribution in [3.05, 3.63) is 29.8 Å². The van der Waals surface area contributed by atoms with Gasteiger partial charge in [-0.05, 0) is 153 Å². The van der Waals surface area contributed by atoms with Gasteiger partial charge in [0.1, 0.15) is 66.2 Å². The van der Waals surface area contributed by atoms with Crippen LogP contribution in [0.4, 0.5) is 0 Å². The van der Waals surface area contributed by atoms with Gasteiger partial charge in [-0.3, -0.25) is 92.3 Å². The van der Waals surface area contributed by atoms with Crippen LogP contribution in [0.15, 0.2) is 54.2 Å². The molecule has 1 rings (SSSR count). The fourth-order valence-corrected chi connectivity index (χ4v) is 11.1. The highest BCUT2D eigenvalue weighted by Crippen LogP contribution is 2.15. The summed E-state index contributed by atoms with van der Waals surface area (Å²) in [7, 11) is 3.10. The Bertz CT molecular complexity index is 3450. The highest BCUT2D eigenvalue weighted by Gasteiger charge is 2.36. The second-order valence-corrected chi connectivity index (χ2v) is 26.6. The number of rotatable bonds is 59. The first kappa shape index (κ1) is 101. The van der Waals surface area contributed by atoms with Gasteiger partial charge in [-0.25, -0.2) is 0 Å². The number of hydrogen-bond acceptors (Lipinski definition) is 22. The Hall–Kier alpha value is -12.3. The van der Waals surface area contributed by atoms with Crippen LogP contribution in [0.1, 0.15) is 141 Å². The summed E-state index contributed by atoms with van der Waals surface area (Å²) < 4.78 is 0. The standard InChI is InChI=1S/C68H125N33O14/c1-38(102)92-50(36-39-22-24-40(103)25-23-39)54(107)91-37-52(105)93-42(17-9-31-86-64(75)76)55(108)95-43(14-4-6-28-69)57(110)96-44(15-5-7-29-70)58(111)98-46(19-11-33-88-66(79)80)59(112)99-48(21-13-35-90-68(83-2)84-3)61(114)101-49(26-27-51(71)104)62(115)100-47(20-12-34-89-67(81)82)60(113)97-45(18-10-32-87-65(77)78)56(109)94-41(53(72)106)16-8-30-85-63(73)74/h22-25,41-50,103H,4-21,26-37,69-70H2,1-3H3,(H2,71,104)(H2,72,106)(H,91,107)(H,92,102)(H,93,105)(H,94,109)(H,95,108)(H,96,110)(H,97,113)(H,98,111)(H,99,112)(H,100,115)(H,101,114)(H4,73,74,85)(H4,75,76,86)(H4,77,78,87)(H4,79,80,88)(H4,81,82,89)(H2,83,84,90)/t41-,42-,43-,44-,45-,46-,47-,48-,49-,50-/m0/s1. The lowest BCUT2D eigenvalue weighted by Gasteiger charge is -2.28. The smallest absolute Gasteiger partial charge is 0.243 e. The van der Waals surface area contributed by atoms with E-state index in [9.17, 15) is 67.4 Å². The number of nitrogens with zero attached hydrogens (tertiary/aromatic N) is 6. The SMILES string of the molecule is CN=C(NC)NCCC[C@H](NC(=O)[C@H](CCCN=C(N)N)NC(=O)[C@H](CCCCN)NC(=O)[C@H](CCCCN)NC(=O)[C@H](CCCN=C(N)N)NC(=O)CNC(=O)[C@H](Cc1ccc(O)cc1)NC(C)=O)C(=O)N[C@@H](CCC(N)=O)C(=O)N[C@@H](CCCN=C(N)N)C(=O)N[C@@H](CCCN=C(N)N)C(=O)N[C@@H](CCCN=C(N)N)C(N)=O. The first-order valence-electron chi connectivity index (χ1n) is 37.7. The number of unbranched alkanes of at least 4 members (excludes halogenated alkanes) is 2. The van der Waals surface area contributed by atoms with Crippen LogP contribution in [-0.2, 0) is 68.7 Å². The van der Waals surface area contributed by atoms with Crippen LogP contribution in [0.25, 0.3) is 0 Å². The Labute approximate surface area is 667 Å². The van der Waals surface area contributed by atoms with Gasteiger partial charge >= 0.3 is 0 Å². The van der Waals surface area contributed by atoms with Crippen LogP contribution < -0.4 is 149 Å². The molecule has 10 atom stereocenters. The van der Waals surface area contributed by atoms with Crippen molar-refractivity contribution < 1.29 is 67.4 Å². The molecule has 42 N–H and O–H groups in total. The van der Waals surface area contributed by atoms with E-state index in [-0.39, 0.29) is 197 Å². The molecule has 0 radical (unpaired) electrons. The number of nitrogens with two attached hydrogens (primary N) is 14. The van der Waals surface area contributed by atoms with E-state index in [1.54, 1.807) is 19.2 Å². The Morgan fingerprint density at radius 2 is 0.670 bits per heavy atom. The molecule has 47 heteroatoms. The van der Waals surface area contributed by atoms with E-state index in [1.165, 1.54) is 26.1 Å². The molecule has 0 spiro atoms. The van der Waals surface area contributed by atoms with Gasteiger partial charge in [0.05, 0.1) is 6.54 Å². The maximum absolute atomic E-state index is 15.0. The van der Waals surface area contributed by atoms with E-state index >= 15 is 0 Å². The zero-order valence-corrected chi connectivity index (χ0v) is 65.8. The number of primary amides is 2. The minimum absolute atomic E-state index is 0.00174. The van der Waals surface area contributed by atoms with Crippen LogP contribution in [0.3, 0.4) is 0 Å². The van der Waals surface area contributed by atoms with E-state index in [2.05, 4.69) is 99.1 Å². The Kier molecular flexibility index (Phi) is 50.5. The minimum Gasteiger partial charge on any atom is -0.508 e. The number of aliphatic imine (C=N–C) groups is 6. The Morgan fingerprint density at radius 3 is 0.965 bits per heavy atom. The molecule has 1 aromatic rings. The summed E-state index contributed by atoms with van der Waals surface area (Å²) in [6.45, 7) is 0.890. The number of carbonyl (C=O) groups excluding carboxylic acids is 13. The van der Waals surface area contributed by atoms with Gasteiger partial charge in [0.15, 0.2) is 35.8 Å². The van der Waals surface area contributed by atoms with Crippen LogP contribution in [0.2, 0.25) is 0 Å². The van der Waals surface area contributed by atoms with E-state index in [1.807, 2.05) is 0 Å². The summed E-state index contributed by atoms with van der Waals surface area (Å²) in [4.78, 5) is 205. The van der Waals surface area contributed by atoms with Crippen LogP contribution >= 0.6 is 0 Å². The van der Waals surface area contributed by atoms with Crippen molar-refractivity contribution in [3.63, 3.8) is 0 Å². The largest absolute Gasteiger partial charge is 0.508 e. The lowest BCUT2D eigenvalue weighted by Crippen LogP contribution is -2.60. The first-order valence-corrected chi connectivity index (χ1v) is 37.7. The van der Waals surface area contributed by atoms with Gasteiger partial charge in [-0.1, -0.05) is 12.1 Å². The summed E-state index contributed by atoms with van der Waals surface area (Å²) in [5.41, 5.74) is 79.0. The molecule has 1 aromatic carbocycles. The number of amides is 13. The minimum atomic E-state index is -1.71. The molecule has 47 nitrogen and oxygen atoms in total. The van der Waals surface area contributed by atoms with Crippen molar-refractivity contribution >= 4 is 113 Å². The molecule has 0 aliphatic rings. The average molecular weight is 1630 g/mol. The lowest BCUT2D eigenvalue weighted by molar-refractivity contribution is -0.136. The number of phenolic OH excluding ortho intramolecular Hbond substituents is 1. The van der Waals surface area contributed by atoms with Crippen LogP contribution in [0.5, 0.6) is 5.75 Å². The number of hydrogen-bond donors (Lipinski definition) is 28. The fourth-order valence-electron chi connectivity index (χ4n) is 11.1. The number of aromatic hydroxyl groups is 1. The van der Waals surface area contributed by atoms with Gasteiger partial charge in [0.25, 0.3) is 0 Å². The summed E-state index contributed by atoms with van der Waals surface area (Å²) in [5, 5.41) is 44.3. The van der Waals surface area contributed by atoms with Crippen molar-refractivity contribution in [2.24, 2.45) is 110 Å². The number of carbonyl (C=O) groups is 13. The molecule has 0 aliphatic heterocycles. The number of phenols is 1. The summed E-state index contributed by atoms with van der Waals surface area (Å²) in [6.07, 6.45) is -0.386. The van der Waals surface area contributed by atoms with E-state index in [0.29, 0.717) is 24.4 Å². The summed E-state index contributed by atoms with van der Waals surface area (Å²) >= 11 is 0. The first-order chi connectivity index (χ1) is 54.5. The third-order valence-electron chi connectivity index (χ3n) is 17.0. The third kappa shape index (κ3) is 46.3. The number of guanidine groups is 6. The van der Waals surface area contributed by atoms with Gasteiger partial charge in [-0.2, -0.15) is 0 Å². The topological polar surface area (TPSA) is 837 Å². The molecular formula is C68H125N33O14. The molecule has 13 amide bonds. The second kappa shape index (κ2) is 57.7. The lowest BCUT2D eigenvalue weighted by atomic mass is 10.0. The molecule has 0 aromatic heterocycles. The molecule has 115 heavy (non-hydrogen) atoms. The monoisotopic (exact) mass is 1630 g/mol. The molecule has 0 unspecified atom stereocenters. The highest BCUT2D eigenvalue weighted by atomic mass is 16.3. The zero-order valence-electron chi connectivity index (χ0n) is 65.8. The van der Waals surface area contributed by atoms with E-state index < -0.39 is 157 Å². The normalized spacial score (nSPS) is 13.5. The van der Waals surface area contributed by atoms with Crippen LogP contribution in [0, 0.1) is 0 Å². The van der Waals surface area contributed by atoms with Gasteiger partial charge < -0.3 is 154 Å². The molecule has 0 fully saturated rings. The fraction of sp³-hybridized carbons (Fsp3) is 0.632. The van der Waals surface area contributed by atoms with Gasteiger partial charge in [0, 0.05) is 73.1 Å². The third-order valence-corrected chi connectivity index (χ3v) is 17.0. The maximum Gasteiger partial charge on any atom is 0.243 e. The average Bonchev–Trinajstić information content (AvgIpc) is 0.832. The molecular weight excluding hydrogens is 1500 g/mol. The van der Waals surface area contributed by atoms with Crippen molar-refractivity contribution in [3.8, 4) is 5.75 Å². The van der Waals surface area contributed by atoms with Crippen molar-refractivity contribution in [1.29, 1.82) is 0 Å². The highest BCUT2D eigenvalue weighted by molar-refractivity contribution is 5.99. The van der Waals surface area contributed by atoms with E-state index in [4.69, 9.17) is 80.3 Å². The van der Waals surface area contributed by atoms with E-state index in [0.717, 1.165) is 0 Å². The second-order valence-electron chi connectivity index (χ2n) is 26.6. The molecule has 0 saturated heterocycles. The number of benzene rings is 1. The molecule has 0 aliphatic carbocycles. The zero-order chi connectivity index (χ0) is 86.4. The Balaban J connectivity index is 3.97. The molecule has 0 heterocycles. The summed E-state index contributed by atoms with van der Waals surface area (Å²) in [6, 6.07) is -8.68. The Morgan fingerprint density at radius 1 is 0.365 bits per heavy atom. The van der Waals surface area contributed by atoms with Gasteiger partial charge in [0.2, 0.25) is 76.8 Å². The maximum atomic E-state index is 15.0. The predicted octanol–water partition coefficient (Wildman–Crippen LogP) is -11.2. The van der Waals surface area contributed by atoms with Gasteiger partial charge in [-0.15, -0.1) is 0 Å². The molecule has 0 bridgehead atoms. The number of nitrogens with one attached hydrogen (secondary N) is 13. The summed E-state index contributed by atoms with van der Waals surface area (Å²) in [5.74, 6) is -12.7. The molecule has 646 valence electrons. The predicted molar refractivity (Wildman–Crippen MR) is 432 cm³/mol. The van der Waals surface area contributed by atoms with Crippen LogP contribution in [-0.4, -0.2) is 251 Å². The molecule has 0 saturated carbocycles. The van der Waals surface area contributed by atoms with Crippen molar-refractivity contribution in [1.82, 2.24) is 69.1 Å². The van der Waals surface area contributed by atoms with Crippen molar-refractivity contribution in [2.45, 2.75) is 202 Å². The quantitative estimate of drug-likeness (QED) is 0.0164. The van der Waals surface area contributed by atoms with Crippen molar-refractivity contribution in [2.75, 3.05) is 73.0 Å².